The fourth-order valence-corrected chi connectivity index (χ4v) is 3.29. The Labute approximate surface area is 164 Å². The molecule has 0 spiro atoms. The van der Waals surface area contributed by atoms with Crippen molar-refractivity contribution in [1.29, 1.82) is 0 Å². The van der Waals surface area contributed by atoms with Gasteiger partial charge in [-0.3, -0.25) is 9.78 Å². The molecule has 0 aliphatic heterocycles. The van der Waals surface area contributed by atoms with E-state index >= 15 is 0 Å². The largest absolute Gasteiger partial charge is 0.433 e. The second-order valence-corrected chi connectivity index (χ2v) is 6.97. The molecule has 0 radical (unpaired) electrons. The van der Waals surface area contributed by atoms with Crippen LogP contribution < -0.4 is 5.32 Å². The topological polar surface area (TPSA) is 85.6 Å². The number of aryl methyl sites for hydroxylation is 1. The molecule has 7 nitrogen and oxygen atoms in total. The van der Waals surface area contributed by atoms with Gasteiger partial charge in [-0.15, -0.1) is 0 Å². The van der Waals surface area contributed by atoms with E-state index in [-0.39, 0.29) is 23.7 Å². The lowest BCUT2D eigenvalue weighted by Gasteiger charge is -2.35. The van der Waals surface area contributed by atoms with Crippen molar-refractivity contribution in [3.05, 3.63) is 60.2 Å². The van der Waals surface area contributed by atoms with Crippen LogP contribution in [0.15, 0.2) is 43.1 Å². The van der Waals surface area contributed by atoms with Gasteiger partial charge in [-0.25, -0.2) is 15.0 Å². The Morgan fingerprint density at radius 3 is 2.59 bits per heavy atom. The smallest absolute Gasteiger partial charge is 0.347 e. The highest BCUT2D eigenvalue weighted by Gasteiger charge is 2.35. The standard InChI is InChI=1S/C19H17F3N6O/c1-28-10-23-9-15(28)14-4-5-24-17(27-14)18(29)26-13-6-12(7-13)11-2-3-16(25-8-11)19(20,21)22/h2-5,8-10,12-13H,6-7H2,1H3,(H,26,29)/t12-,13+. The number of rotatable bonds is 4. The maximum Gasteiger partial charge on any atom is 0.433 e. The quantitative estimate of drug-likeness (QED) is 0.725. The van der Waals surface area contributed by atoms with Crippen molar-refractivity contribution in [3.63, 3.8) is 0 Å². The van der Waals surface area contributed by atoms with E-state index in [9.17, 15) is 18.0 Å². The van der Waals surface area contributed by atoms with Gasteiger partial charge in [-0.2, -0.15) is 13.2 Å². The monoisotopic (exact) mass is 402 g/mol. The van der Waals surface area contributed by atoms with E-state index in [0.29, 0.717) is 18.5 Å². The molecule has 0 aromatic carbocycles. The Bertz CT molecular complexity index is 1020. The fraction of sp³-hybridized carbons (Fsp3) is 0.316. The van der Waals surface area contributed by atoms with Crippen LogP contribution in [0.1, 0.15) is 40.6 Å². The van der Waals surface area contributed by atoms with Crippen LogP contribution in [-0.4, -0.2) is 36.5 Å². The van der Waals surface area contributed by atoms with Crippen LogP contribution in [0, 0.1) is 0 Å². The normalized spacial score (nSPS) is 18.9. The number of alkyl halides is 3. The molecular weight excluding hydrogens is 385 g/mol. The summed E-state index contributed by atoms with van der Waals surface area (Å²) in [6.45, 7) is 0. The van der Waals surface area contributed by atoms with Crippen LogP contribution in [0.2, 0.25) is 0 Å². The van der Waals surface area contributed by atoms with Gasteiger partial charge >= 0.3 is 6.18 Å². The van der Waals surface area contributed by atoms with Gasteiger partial charge in [-0.05, 0) is 36.5 Å². The third-order valence-electron chi connectivity index (χ3n) is 4.96. The molecule has 1 amide bonds. The van der Waals surface area contributed by atoms with E-state index in [0.717, 1.165) is 17.3 Å². The van der Waals surface area contributed by atoms with Crippen LogP contribution in [-0.2, 0) is 13.2 Å². The summed E-state index contributed by atoms with van der Waals surface area (Å²) in [6, 6.07) is 4.04. The highest BCUT2D eigenvalue weighted by Crippen LogP contribution is 2.37. The van der Waals surface area contributed by atoms with Crippen molar-refractivity contribution in [1.82, 2.24) is 29.8 Å². The molecule has 1 aliphatic rings. The number of hydrogen-bond donors (Lipinski definition) is 1. The first-order valence-corrected chi connectivity index (χ1v) is 8.95. The van der Waals surface area contributed by atoms with Crippen molar-refractivity contribution in [2.24, 2.45) is 7.05 Å². The summed E-state index contributed by atoms with van der Waals surface area (Å²) in [7, 11) is 1.83. The predicted molar refractivity (Wildman–Crippen MR) is 96.7 cm³/mol. The number of pyridine rings is 1. The maximum atomic E-state index is 12.6. The molecule has 3 aromatic heterocycles. The first kappa shape index (κ1) is 19.0. The van der Waals surface area contributed by atoms with Gasteiger partial charge < -0.3 is 9.88 Å². The second-order valence-electron chi connectivity index (χ2n) is 6.97. The Kier molecular flexibility index (Phi) is 4.77. The molecule has 29 heavy (non-hydrogen) atoms. The van der Waals surface area contributed by atoms with Gasteiger partial charge in [0.2, 0.25) is 5.82 Å². The summed E-state index contributed by atoms with van der Waals surface area (Å²) in [4.78, 5) is 28.3. The summed E-state index contributed by atoms with van der Waals surface area (Å²) in [6.07, 6.45) is 2.87. The SMILES string of the molecule is Cn1cncc1-c1ccnc(C(=O)N[C@H]2C[C@@H](c3ccc(C(F)(F)F)nc3)C2)n1. The maximum absolute atomic E-state index is 12.6. The summed E-state index contributed by atoms with van der Waals surface area (Å²) in [5.41, 5.74) is 1.18. The molecule has 0 bridgehead atoms. The third kappa shape index (κ3) is 3.96. The molecule has 150 valence electrons. The molecule has 0 unspecified atom stereocenters. The van der Waals surface area contributed by atoms with E-state index < -0.39 is 11.9 Å². The van der Waals surface area contributed by atoms with Crippen LogP contribution >= 0.6 is 0 Å². The molecule has 1 aliphatic carbocycles. The Morgan fingerprint density at radius 2 is 1.97 bits per heavy atom. The number of carbonyl (C=O) groups excluding carboxylic acids is 1. The van der Waals surface area contributed by atoms with E-state index in [4.69, 9.17) is 0 Å². The van der Waals surface area contributed by atoms with Gasteiger partial charge in [0, 0.05) is 25.5 Å². The zero-order valence-electron chi connectivity index (χ0n) is 15.4. The van der Waals surface area contributed by atoms with Gasteiger partial charge in [-0.1, -0.05) is 6.07 Å². The zero-order valence-corrected chi connectivity index (χ0v) is 15.4. The predicted octanol–water partition coefficient (Wildman–Crippen LogP) is 2.97. The number of carbonyl (C=O) groups is 1. The van der Waals surface area contributed by atoms with Crippen LogP contribution in [0.5, 0.6) is 0 Å². The fourth-order valence-electron chi connectivity index (χ4n) is 3.29. The first-order valence-electron chi connectivity index (χ1n) is 8.95. The average molecular weight is 402 g/mol. The molecule has 3 heterocycles. The van der Waals surface area contributed by atoms with Crippen molar-refractivity contribution in [2.75, 3.05) is 0 Å². The lowest BCUT2D eigenvalue weighted by atomic mass is 9.76. The van der Waals surface area contributed by atoms with E-state index in [1.165, 1.54) is 18.5 Å². The third-order valence-corrected chi connectivity index (χ3v) is 4.96. The number of hydrogen-bond acceptors (Lipinski definition) is 5. The van der Waals surface area contributed by atoms with E-state index in [1.54, 1.807) is 23.2 Å². The van der Waals surface area contributed by atoms with Crippen molar-refractivity contribution >= 4 is 5.91 Å². The van der Waals surface area contributed by atoms with Crippen LogP contribution in [0.3, 0.4) is 0 Å². The number of nitrogens with zero attached hydrogens (tertiary/aromatic N) is 5. The summed E-state index contributed by atoms with van der Waals surface area (Å²) in [5.74, 6) is -0.261. The van der Waals surface area contributed by atoms with Gasteiger partial charge in [0.05, 0.1) is 23.9 Å². The van der Waals surface area contributed by atoms with Crippen LogP contribution in [0.4, 0.5) is 13.2 Å². The van der Waals surface area contributed by atoms with Gasteiger partial charge in [0.25, 0.3) is 5.91 Å². The minimum atomic E-state index is -4.45. The zero-order chi connectivity index (χ0) is 20.6. The Hall–Kier alpha value is -3.30. The molecule has 3 aromatic rings. The lowest BCUT2D eigenvalue weighted by Crippen LogP contribution is -2.43. The molecule has 1 N–H and O–H groups in total. The molecule has 4 rings (SSSR count). The molecule has 1 fully saturated rings. The van der Waals surface area contributed by atoms with Crippen LogP contribution in [0.25, 0.3) is 11.4 Å². The van der Waals surface area contributed by atoms with Gasteiger partial charge in [0.1, 0.15) is 5.69 Å². The summed E-state index contributed by atoms with van der Waals surface area (Å²) in [5, 5.41) is 2.87. The highest BCUT2D eigenvalue weighted by atomic mass is 19.4. The Morgan fingerprint density at radius 1 is 1.17 bits per heavy atom. The summed E-state index contributed by atoms with van der Waals surface area (Å²) >= 11 is 0. The number of amides is 1. The highest BCUT2D eigenvalue weighted by molar-refractivity contribution is 5.91. The summed E-state index contributed by atoms with van der Waals surface area (Å²) < 4.78 is 39.6. The molecule has 10 heteroatoms. The number of nitrogens with one attached hydrogen (secondary N) is 1. The minimum absolute atomic E-state index is 0.0587. The minimum Gasteiger partial charge on any atom is -0.347 e. The molecular formula is C19H17F3N6O. The Balaban J connectivity index is 1.36. The van der Waals surface area contributed by atoms with Gasteiger partial charge in [0.15, 0.2) is 0 Å². The van der Waals surface area contributed by atoms with E-state index in [1.807, 2.05) is 7.05 Å². The van der Waals surface area contributed by atoms with Crippen molar-refractivity contribution in [3.8, 4) is 11.4 Å². The van der Waals surface area contributed by atoms with Crippen molar-refractivity contribution in [2.45, 2.75) is 31.0 Å². The van der Waals surface area contributed by atoms with E-state index in [2.05, 4.69) is 25.3 Å². The second kappa shape index (κ2) is 7.26. The molecule has 0 saturated heterocycles. The number of halogens is 3. The average Bonchev–Trinajstić information content (AvgIpc) is 3.09. The number of imidazole rings is 1. The molecule has 0 atom stereocenters. The number of aromatic nitrogens is 5. The first-order chi connectivity index (χ1) is 13.8. The lowest BCUT2D eigenvalue weighted by molar-refractivity contribution is -0.141. The molecule has 1 saturated carbocycles. The van der Waals surface area contributed by atoms with Crippen molar-refractivity contribution < 1.29 is 18.0 Å².